The summed E-state index contributed by atoms with van der Waals surface area (Å²) in [5.41, 5.74) is 0.451. The van der Waals surface area contributed by atoms with Gasteiger partial charge in [-0.3, -0.25) is 10.1 Å². The highest BCUT2D eigenvalue weighted by Crippen LogP contribution is 2.34. The fourth-order valence-corrected chi connectivity index (χ4v) is 1.60. The molecule has 0 unspecified atom stereocenters. The van der Waals surface area contributed by atoms with Crippen LogP contribution in [0.3, 0.4) is 0 Å². The molecule has 0 saturated heterocycles. The van der Waals surface area contributed by atoms with E-state index in [9.17, 15) is 10.1 Å². The fourth-order valence-electron chi connectivity index (χ4n) is 1.36. The van der Waals surface area contributed by atoms with Crippen LogP contribution in [0.1, 0.15) is 27.7 Å². The van der Waals surface area contributed by atoms with E-state index >= 15 is 0 Å². The lowest BCUT2D eigenvalue weighted by Crippen LogP contribution is -2.28. The summed E-state index contributed by atoms with van der Waals surface area (Å²) in [6, 6.07) is 4.69. The molecule has 1 aromatic rings. The number of para-hydroxylation sites is 1. The summed E-state index contributed by atoms with van der Waals surface area (Å²) < 4.78 is 0. The highest BCUT2D eigenvalue weighted by molar-refractivity contribution is 6.33. The Bertz CT molecular complexity index is 445. The lowest BCUT2D eigenvalue weighted by atomic mass is 9.81. The first-order chi connectivity index (χ1) is 8.25. The predicted molar refractivity (Wildman–Crippen MR) is 75.2 cm³/mol. The highest BCUT2D eigenvalue weighted by Gasteiger charge is 2.24. The van der Waals surface area contributed by atoms with Gasteiger partial charge in [0.25, 0.3) is 5.69 Å². The summed E-state index contributed by atoms with van der Waals surface area (Å²) in [6.07, 6.45) is 0. The van der Waals surface area contributed by atoms with Crippen LogP contribution in [0.25, 0.3) is 0 Å². The molecule has 0 bridgehead atoms. The molecule has 0 radical (unpaired) electrons. The first-order valence-electron chi connectivity index (χ1n) is 5.92. The molecule has 0 spiro atoms. The second kappa shape index (κ2) is 5.57. The van der Waals surface area contributed by atoms with Crippen LogP contribution in [0.2, 0.25) is 5.02 Å². The molecular formula is C13H19ClN2O2. The topological polar surface area (TPSA) is 55.2 Å². The Morgan fingerprint density at radius 3 is 2.56 bits per heavy atom. The fraction of sp³-hybridized carbons (Fsp3) is 0.538. The van der Waals surface area contributed by atoms with Crippen molar-refractivity contribution in [3.05, 3.63) is 33.3 Å². The van der Waals surface area contributed by atoms with Gasteiger partial charge in [-0.1, -0.05) is 45.4 Å². The molecular weight excluding hydrogens is 252 g/mol. The minimum Gasteiger partial charge on any atom is -0.378 e. The number of benzene rings is 1. The second-order valence-electron chi connectivity index (χ2n) is 5.39. The van der Waals surface area contributed by atoms with Gasteiger partial charge in [-0.2, -0.15) is 0 Å². The molecule has 5 heteroatoms. The molecule has 4 nitrogen and oxygen atoms in total. The van der Waals surface area contributed by atoms with Gasteiger partial charge in [-0.25, -0.2) is 0 Å². The Morgan fingerprint density at radius 2 is 2.06 bits per heavy atom. The summed E-state index contributed by atoms with van der Waals surface area (Å²) in [5.74, 6) is 0.464. The first-order valence-corrected chi connectivity index (χ1v) is 6.30. The Kier molecular flexibility index (Phi) is 4.57. The molecule has 0 heterocycles. The van der Waals surface area contributed by atoms with E-state index < -0.39 is 4.92 Å². The van der Waals surface area contributed by atoms with Crippen molar-refractivity contribution in [2.75, 3.05) is 11.9 Å². The van der Waals surface area contributed by atoms with Crippen molar-refractivity contribution in [1.29, 1.82) is 0 Å². The van der Waals surface area contributed by atoms with Gasteiger partial charge >= 0.3 is 0 Å². The van der Waals surface area contributed by atoms with Crippen LogP contribution in [0.15, 0.2) is 18.2 Å². The maximum Gasteiger partial charge on any atom is 0.293 e. The van der Waals surface area contributed by atoms with E-state index in [-0.39, 0.29) is 11.1 Å². The van der Waals surface area contributed by atoms with Crippen molar-refractivity contribution in [2.24, 2.45) is 11.3 Å². The lowest BCUT2D eigenvalue weighted by Gasteiger charge is -2.29. The molecule has 0 aliphatic carbocycles. The molecule has 0 fully saturated rings. The number of nitro benzene ring substituents is 1. The highest BCUT2D eigenvalue weighted by atomic mass is 35.5. The van der Waals surface area contributed by atoms with Crippen LogP contribution in [0.5, 0.6) is 0 Å². The molecule has 0 aromatic heterocycles. The van der Waals surface area contributed by atoms with Crippen molar-refractivity contribution in [1.82, 2.24) is 0 Å². The first kappa shape index (κ1) is 14.8. The summed E-state index contributed by atoms with van der Waals surface area (Å²) in [4.78, 5) is 10.5. The lowest BCUT2D eigenvalue weighted by molar-refractivity contribution is -0.384. The molecule has 18 heavy (non-hydrogen) atoms. The molecule has 100 valence electrons. The summed E-state index contributed by atoms with van der Waals surface area (Å²) in [7, 11) is 0. The van der Waals surface area contributed by atoms with Gasteiger partial charge in [-0.05, 0) is 17.4 Å². The van der Waals surface area contributed by atoms with Crippen molar-refractivity contribution >= 4 is 23.0 Å². The molecule has 0 saturated carbocycles. The number of nitrogens with zero attached hydrogens (tertiary/aromatic N) is 1. The van der Waals surface area contributed by atoms with E-state index in [4.69, 9.17) is 11.6 Å². The van der Waals surface area contributed by atoms with E-state index in [1.165, 1.54) is 6.07 Å². The quantitative estimate of drug-likeness (QED) is 0.639. The van der Waals surface area contributed by atoms with Gasteiger partial charge in [0.2, 0.25) is 0 Å². The van der Waals surface area contributed by atoms with Gasteiger partial charge in [0.05, 0.1) is 9.95 Å². The Morgan fingerprint density at radius 1 is 1.44 bits per heavy atom. The van der Waals surface area contributed by atoms with E-state index in [2.05, 4.69) is 33.0 Å². The number of nitrogens with one attached hydrogen (secondary N) is 1. The summed E-state index contributed by atoms with van der Waals surface area (Å²) >= 11 is 6.01. The average Bonchev–Trinajstić information content (AvgIpc) is 2.26. The normalized spacial score (nSPS) is 11.7. The minimum atomic E-state index is -0.420. The van der Waals surface area contributed by atoms with E-state index in [1.807, 2.05) is 0 Å². The molecule has 0 atom stereocenters. The third-order valence-electron chi connectivity index (χ3n) is 3.47. The smallest absolute Gasteiger partial charge is 0.293 e. The van der Waals surface area contributed by atoms with Gasteiger partial charge in [0.15, 0.2) is 0 Å². The predicted octanol–water partition coefficient (Wildman–Crippen LogP) is 4.34. The van der Waals surface area contributed by atoms with Crippen molar-refractivity contribution < 1.29 is 4.92 Å². The molecule has 0 aliphatic rings. The van der Waals surface area contributed by atoms with Crippen molar-refractivity contribution in [3.8, 4) is 0 Å². The third-order valence-corrected chi connectivity index (χ3v) is 3.79. The van der Waals surface area contributed by atoms with Crippen LogP contribution < -0.4 is 5.32 Å². The number of nitro groups is 1. The van der Waals surface area contributed by atoms with E-state index in [1.54, 1.807) is 12.1 Å². The molecule has 0 amide bonds. The molecule has 1 rings (SSSR count). The second-order valence-corrected chi connectivity index (χ2v) is 5.80. The zero-order valence-corrected chi connectivity index (χ0v) is 11.9. The van der Waals surface area contributed by atoms with Crippen molar-refractivity contribution in [3.63, 3.8) is 0 Å². The monoisotopic (exact) mass is 270 g/mol. The molecule has 0 aliphatic heterocycles. The van der Waals surface area contributed by atoms with Crippen LogP contribution >= 0.6 is 11.6 Å². The zero-order chi connectivity index (χ0) is 13.9. The molecule has 1 N–H and O–H groups in total. The minimum absolute atomic E-state index is 0.0158. The Labute approximate surface area is 112 Å². The number of anilines is 1. The Hall–Kier alpha value is -1.29. The number of rotatable bonds is 5. The summed E-state index contributed by atoms with van der Waals surface area (Å²) in [6.45, 7) is 9.13. The van der Waals surface area contributed by atoms with Crippen LogP contribution in [-0.2, 0) is 0 Å². The number of halogens is 1. The van der Waals surface area contributed by atoms with Gasteiger partial charge in [-0.15, -0.1) is 0 Å². The zero-order valence-electron chi connectivity index (χ0n) is 11.2. The number of hydrogen-bond donors (Lipinski definition) is 1. The average molecular weight is 271 g/mol. The van der Waals surface area contributed by atoms with Crippen LogP contribution in [0, 0.1) is 21.4 Å². The standard InChI is InChI=1S/C13H19ClN2O2/c1-9(2)13(3,4)8-15-12-10(14)6-5-7-11(12)16(17)18/h5-7,9,15H,8H2,1-4H3. The largest absolute Gasteiger partial charge is 0.378 e. The maximum atomic E-state index is 10.9. The van der Waals surface area contributed by atoms with Gasteiger partial charge in [0, 0.05) is 12.6 Å². The van der Waals surface area contributed by atoms with Crippen LogP contribution in [-0.4, -0.2) is 11.5 Å². The maximum absolute atomic E-state index is 10.9. The van der Waals surface area contributed by atoms with Crippen LogP contribution in [0.4, 0.5) is 11.4 Å². The SMILES string of the molecule is CC(C)C(C)(C)CNc1c(Cl)cccc1[N+](=O)[O-]. The van der Waals surface area contributed by atoms with E-state index in [0.717, 1.165) is 0 Å². The third kappa shape index (κ3) is 3.35. The van der Waals surface area contributed by atoms with Crippen molar-refractivity contribution in [2.45, 2.75) is 27.7 Å². The van der Waals surface area contributed by atoms with Gasteiger partial charge in [0.1, 0.15) is 5.69 Å². The molecule has 1 aromatic carbocycles. The summed E-state index contributed by atoms with van der Waals surface area (Å²) in [5, 5.41) is 14.4. The Balaban J connectivity index is 2.95. The van der Waals surface area contributed by atoms with Gasteiger partial charge < -0.3 is 5.32 Å². The van der Waals surface area contributed by atoms with E-state index in [0.29, 0.717) is 23.2 Å². The number of hydrogen-bond acceptors (Lipinski definition) is 3.